The largest absolute Gasteiger partial charge is 0.416 e. The van der Waals surface area contributed by atoms with Crippen LogP contribution in [0.25, 0.3) is 0 Å². The number of amides is 1. The summed E-state index contributed by atoms with van der Waals surface area (Å²) in [6.07, 6.45) is -2.93. The fourth-order valence-electron chi connectivity index (χ4n) is 2.63. The minimum atomic E-state index is -4.60. The number of carbonyl (C=O) groups is 1. The van der Waals surface area contributed by atoms with E-state index in [4.69, 9.17) is 11.6 Å². The van der Waals surface area contributed by atoms with Crippen LogP contribution >= 0.6 is 11.6 Å². The molecule has 0 bridgehead atoms. The highest BCUT2D eigenvalue weighted by atomic mass is 35.5. The van der Waals surface area contributed by atoms with Gasteiger partial charge in [-0.1, -0.05) is 24.9 Å². The average Bonchev–Trinajstić information content (AvgIpc) is 2.59. The number of halogens is 4. The summed E-state index contributed by atoms with van der Waals surface area (Å²) < 4.78 is 40.2. The maximum absolute atomic E-state index is 12.9. The fourth-order valence-corrected chi connectivity index (χ4v) is 2.84. The molecule has 1 amide bonds. The third kappa shape index (κ3) is 4.71. The lowest BCUT2D eigenvalue weighted by Crippen LogP contribution is -2.28. The van der Waals surface area contributed by atoms with Gasteiger partial charge in [0.15, 0.2) is 0 Å². The lowest BCUT2D eigenvalue weighted by Gasteiger charge is -2.15. The molecule has 146 valence electrons. The summed E-state index contributed by atoms with van der Waals surface area (Å²) >= 11 is 5.89. The van der Waals surface area contributed by atoms with Gasteiger partial charge in [0.2, 0.25) is 0 Å². The molecule has 0 fully saturated rings. The number of aryl methyl sites for hydroxylation is 1. The van der Waals surface area contributed by atoms with Gasteiger partial charge < -0.3 is 9.88 Å². The van der Waals surface area contributed by atoms with Crippen molar-refractivity contribution in [2.45, 2.75) is 46.3 Å². The van der Waals surface area contributed by atoms with Gasteiger partial charge in [-0.25, -0.2) is 0 Å². The van der Waals surface area contributed by atoms with Crippen molar-refractivity contribution in [3.63, 3.8) is 0 Å². The number of anilines is 1. The normalized spacial score (nSPS) is 11.5. The highest BCUT2D eigenvalue weighted by molar-refractivity contribution is 6.34. The van der Waals surface area contributed by atoms with Crippen LogP contribution in [0.2, 0.25) is 5.02 Å². The van der Waals surface area contributed by atoms with Gasteiger partial charge in [-0.05, 0) is 50.1 Å². The minimum Gasteiger partial charge on any atom is -0.317 e. The van der Waals surface area contributed by atoms with Crippen LogP contribution in [0.4, 0.5) is 18.9 Å². The van der Waals surface area contributed by atoms with E-state index < -0.39 is 23.2 Å². The van der Waals surface area contributed by atoms with E-state index in [-0.39, 0.29) is 16.3 Å². The number of aromatic nitrogens is 1. The first kappa shape index (κ1) is 21.0. The zero-order chi connectivity index (χ0) is 20.4. The van der Waals surface area contributed by atoms with Crippen molar-refractivity contribution < 1.29 is 18.0 Å². The molecule has 0 atom stereocenters. The Bertz CT molecular complexity index is 920. The molecule has 1 N–H and O–H groups in total. The maximum Gasteiger partial charge on any atom is 0.416 e. The number of alkyl halides is 3. The summed E-state index contributed by atoms with van der Waals surface area (Å²) in [5, 5.41) is 2.28. The molecule has 2 rings (SSSR count). The zero-order valence-electron chi connectivity index (χ0n) is 15.2. The van der Waals surface area contributed by atoms with E-state index in [1.165, 1.54) is 6.07 Å². The van der Waals surface area contributed by atoms with Crippen molar-refractivity contribution in [1.82, 2.24) is 4.57 Å². The van der Waals surface area contributed by atoms with E-state index in [0.717, 1.165) is 36.2 Å². The number of nitrogens with one attached hydrogen (secondary N) is 1. The molecule has 0 radical (unpaired) electrons. The van der Waals surface area contributed by atoms with E-state index in [1.54, 1.807) is 11.5 Å². The number of rotatable bonds is 5. The summed E-state index contributed by atoms with van der Waals surface area (Å²) in [6.45, 7) is 6.09. The molecule has 0 saturated carbocycles. The fraction of sp³-hybridized carbons (Fsp3) is 0.368. The van der Waals surface area contributed by atoms with E-state index in [0.29, 0.717) is 12.6 Å². The predicted octanol–water partition coefficient (Wildman–Crippen LogP) is 5.19. The number of pyridine rings is 1. The molecule has 0 saturated heterocycles. The zero-order valence-corrected chi connectivity index (χ0v) is 16.0. The summed E-state index contributed by atoms with van der Waals surface area (Å²) in [6, 6.07) is 4.00. The van der Waals surface area contributed by atoms with Crippen molar-refractivity contribution in [3.05, 3.63) is 62.0 Å². The third-order valence-electron chi connectivity index (χ3n) is 4.33. The van der Waals surface area contributed by atoms with Gasteiger partial charge in [0, 0.05) is 12.2 Å². The first-order valence-corrected chi connectivity index (χ1v) is 8.83. The number of nitrogens with zero attached hydrogens (tertiary/aromatic N) is 1. The molecule has 0 aliphatic heterocycles. The van der Waals surface area contributed by atoms with Crippen molar-refractivity contribution in [2.24, 2.45) is 0 Å². The van der Waals surface area contributed by atoms with Crippen LogP contribution < -0.4 is 10.9 Å². The Labute approximate surface area is 160 Å². The van der Waals surface area contributed by atoms with Crippen LogP contribution in [0, 0.1) is 13.8 Å². The van der Waals surface area contributed by atoms with E-state index >= 15 is 0 Å². The van der Waals surface area contributed by atoms with Gasteiger partial charge in [-0.2, -0.15) is 13.2 Å². The Morgan fingerprint density at radius 3 is 2.48 bits per heavy atom. The lowest BCUT2D eigenvalue weighted by atomic mass is 10.1. The molecule has 27 heavy (non-hydrogen) atoms. The molecule has 1 aromatic carbocycles. The summed E-state index contributed by atoms with van der Waals surface area (Å²) in [7, 11) is 0. The Balaban J connectivity index is 2.42. The highest BCUT2D eigenvalue weighted by Crippen LogP contribution is 2.32. The Hall–Kier alpha value is -2.28. The van der Waals surface area contributed by atoms with Gasteiger partial charge >= 0.3 is 6.18 Å². The molecular formula is C19H20ClF3N2O2. The summed E-state index contributed by atoms with van der Waals surface area (Å²) in [5.41, 5.74) is -0.155. The monoisotopic (exact) mass is 400 g/mol. The summed E-state index contributed by atoms with van der Waals surface area (Å²) in [4.78, 5) is 25.1. The lowest BCUT2D eigenvalue weighted by molar-refractivity contribution is -0.137. The Morgan fingerprint density at radius 2 is 1.89 bits per heavy atom. The van der Waals surface area contributed by atoms with Gasteiger partial charge in [0.05, 0.1) is 16.1 Å². The highest BCUT2D eigenvalue weighted by Gasteiger charge is 2.31. The van der Waals surface area contributed by atoms with E-state index in [1.807, 2.05) is 13.8 Å². The van der Waals surface area contributed by atoms with Crippen molar-refractivity contribution >= 4 is 23.2 Å². The van der Waals surface area contributed by atoms with Crippen LogP contribution in [0.1, 0.15) is 46.9 Å². The molecule has 8 heteroatoms. The smallest absolute Gasteiger partial charge is 0.317 e. The topological polar surface area (TPSA) is 51.1 Å². The van der Waals surface area contributed by atoms with Crippen LogP contribution in [-0.2, 0) is 12.7 Å². The average molecular weight is 401 g/mol. The Kier molecular flexibility index (Phi) is 6.36. The first-order chi connectivity index (χ1) is 12.6. The second kappa shape index (κ2) is 8.17. The molecule has 1 aromatic heterocycles. The quantitative estimate of drug-likeness (QED) is 0.750. The van der Waals surface area contributed by atoms with E-state index in [9.17, 15) is 22.8 Å². The SMILES string of the molecule is CCCCn1c(C)c(C)cc(NC(=O)c2cc(C(F)(F)F)ccc2Cl)c1=O. The molecule has 0 unspecified atom stereocenters. The van der Waals surface area contributed by atoms with Gasteiger partial charge in [0.1, 0.15) is 5.69 Å². The first-order valence-electron chi connectivity index (χ1n) is 8.45. The molecule has 0 aliphatic carbocycles. The number of hydrogen-bond acceptors (Lipinski definition) is 2. The van der Waals surface area contributed by atoms with Gasteiger partial charge in [0.25, 0.3) is 11.5 Å². The molecule has 4 nitrogen and oxygen atoms in total. The standard InChI is InChI=1S/C19H20ClF3N2O2/c1-4-5-8-25-12(3)11(2)9-16(18(25)27)24-17(26)14-10-13(19(21,22)23)6-7-15(14)20/h6-7,9-10H,4-5,8H2,1-3H3,(H,24,26). The van der Waals surface area contributed by atoms with E-state index in [2.05, 4.69) is 5.32 Å². The summed E-state index contributed by atoms with van der Waals surface area (Å²) in [5.74, 6) is -0.867. The molecule has 2 aromatic rings. The van der Waals surface area contributed by atoms with Gasteiger partial charge in [-0.3, -0.25) is 9.59 Å². The third-order valence-corrected chi connectivity index (χ3v) is 4.66. The second-order valence-electron chi connectivity index (χ2n) is 6.28. The van der Waals surface area contributed by atoms with Crippen molar-refractivity contribution in [2.75, 3.05) is 5.32 Å². The molecule has 0 aliphatic rings. The van der Waals surface area contributed by atoms with Crippen molar-refractivity contribution in [3.8, 4) is 0 Å². The number of benzene rings is 1. The number of unbranched alkanes of at least 4 members (excludes halogenated alkanes) is 1. The van der Waals surface area contributed by atoms with Crippen LogP contribution in [-0.4, -0.2) is 10.5 Å². The van der Waals surface area contributed by atoms with Crippen LogP contribution in [0.15, 0.2) is 29.1 Å². The van der Waals surface area contributed by atoms with Crippen LogP contribution in [0.5, 0.6) is 0 Å². The minimum absolute atomic E-state index is 0.00711. The van der Waals surface area contributed by atoms with Gasteiger partial charge in [-0.15, -0.1) is 0 Å². The molecule has 1 heterocycles. The van der Waals surface area contributed by atoms with Crippen LogP contribution in [0.3, 0.4) is 0 Å². The Morgan fingerprint density at radius 1 is 1.22 bits per heavy atom. The molecule has 0 spiro atoms. The van der Waals surface area contributed by atoms with Crippen molar-refractivity contribution in [1.29, 1.82) is 0 Å². The predicted molar refractivity (Wildman–Crippen MR) is 99.5 cm³/mol. The molecular weight excluding hydrogens is 381 g/mol. The number of hydrogen-bond donors (Lipinski definition) is 1. The second-order valence-corrected chi connectivity index (χ2v) is 6.69. The number of carbonyl (C=O) groups excluding carboxylic acids is 1. The maximum atomic E-state index is 12.9.